The first-order valence-corrected chi connectivity index (χ1v) is 13.6. The Balaban J connectivity index is 1.56. The minimum Gasteiger partial charge on any atom is -0.496 e. The maximum atomic E-state index is 13.3. The Morgan fingerprint density at radius 2 is 1.71 bits per heavy atom. The number of nitrogens with zero attached hydrogens (tertiary/aromatic N) is 2. The molecule has 9 nitrogen and oxygen atoms in total. The third kappa shape index (κ3) is 5.45. The number of aromatic nitrogens is 1. The topological polar surface area (TPSA) is 102 Å². The average Bonchev–Trinajstić information content (AvgIpc) is 2.99. The molecule has 0 atom stereocenters. The third-order valence-electron chi connectivity index (χ3n) is 7.29. The summed E-state index contributed by atoms with van der Waals surface area (Å²) in [6.45, 7) is 5.97. The van der Waals surface area contributed by atoms with E-state index in [1.165, 1.54) is 6.20 Å². The van der Waals surface area contributed by atoms with Gasteiger partial charge in [-0.15, -0.1) is 0 Å². The number of hydrogen-bond acceptors (Lipinski definition) is 8. The molecule has 0 saturated carbocycles. The second kappa shape index (κ2) is 11.4. The molecule has 42 heavy (non-hydrogen) atoms. The van der Waals surface area contributed by atoms with Crippen LogP contribution in [0.3, 0.4) is 0 Å². The number of nitrogens with one attached hydrogen (secondary N) is 2. The normalized spacial score (nSPS) is 13.6. The van der Waals surface area contributed by atoms with Crippen molar-refractivity contribution in [2.24, 2.45) is 0 Å². The summed E-state index contributed by atoms with van der Waals surface area (Å²) in [5, 5.41) is 6.88. The number of benzene rings is 3. The average molecular weight is 567 g/mol. The fourth-order valence-corrected chi connectivity index (χ4v) is 5.15. The lowest BCUT2D eigenvalue weighted by Crippen LogP contribution is -2.52. The lowest BCUT2D eigenvalue weighted by molar-refractivity contribution is -0.121. The molecule has 4 aromatic rings. The predicted octanol–water partition coefficient (Wildman–Crippen LogP) is 6.07. The first-order valence-electron chi connectivity index (χ1n) is 13.6. The maximum absolute atomic E-state index is 13.3. The Bertz CT molecular complexity index is 1650. The number of ether oxygens (including phenoxy) is 3. The van der Waals surface area contributed by atoms with Crippen molar-refractivity contribution in [3.05, 3.63) is 89.7 Å². The molecule has 3 aromatic carbocycles. The van der Waals surface area contributed by atoms with Crippen LogP contribution in [0.15, 0.2) is 72.9 Å². The number of para-hydroxylation sites is 2. The molecular weight excluding hydrogens is 532 g/mol. The van der Waals surface area contributed by atoms with E-state index in [-0.39, 0.29) is 5.91 Å². The first-order chi connectivity index (χ1) is 20.1. The van der Waals surface area contributed by atoms with Gasteiger partial charge in [-0.05, 0) is 68.8 Å². The van der Waals surface area contributed by atoms with Crippen LogP contribution in [0.2, 0.25) is 0 Å². The van der Waals surface area contributed by atoms with Crippen molar-refractivity contribution in [2.45, 2.75) is 32.9 Å². The fourth-order valence-electron chi connectivity index (χ4n) is 5.15. The molecule has 1 aliphatic rings. The van der Waals surface area contributed by atoms with Crippen LogP contribution in [-0.4, -0.2) is 43.7 Å². The van der Waals surface area contributed by atoms with Gasteiger partial charge in [0.25, 0.3) is 5.91 Å². The van der Waals surface area contributed by atoms with Gasteiger partial charge in [0.2, 0.25) is 0 Å². The van der Waals surface area contributed by atoms with Gasteiger partial charge in [0, 0.05) is 42.7 Å². The van der Waals surface area contributed by atoms with Crippen molar-refractivity contribution in [3.63, 3.8) is 0 Å². The Kier molecular flexibility index (Phi) is 7.76. The molecule has 2 heterocycles. The van der Waals surface area contributed by atoms with Crippen LogP contribution in [0.4, 0.5) is 17.1 Å². The molecule has 1 aliphatic heterocycles. The quantitative estimate of drug-likeness (QED) is 0.196. The highest BCUT2D eigenvalue weighted by Gasteiger charge is 2.38. The number of carbonyl (C=O) groups is 2. The molecule has 5 rings (SSSR count). The van der Waals surface area contributed by atoms with E-state index in [4.69, 9.17) is 14.2 Å². The van der Waals surface area contributed by atoms with E-state index in [1.807, 2.05) is 63.2 Å². The van der Waals surface area contributed by atoms with Gasteiger partial charge in [-0.2, -0.15) is 0 Å². The van der Waals surface area contributed by atoms with E-state index >= 15 is 0 Å². The smallest absolute Gasteiger partial charge is 0.345 e. The van der Waals surface area contributed by atoms with E-state index in [0.717, 1.165) is 39.4 Å². The molecule has 1 aromatic heterocycles. The zero-order valence-corrected chi connectivity index (χ0v) is 24.6. The number of pyridine rings is 1. The summed E-state index contributed by atoms with van der Waals surface area (Å²) in [5.74, 6) is 0.995. The fraction of sp³-hybridized carbons (Fsp3) is 0.242. The Morgan fingerprint density at radius 1 is 0.976 bits per heavy atom. The van der Waals surface area contributed by atoms with Crippen LogP contribution in [0.25, 0.3) is 11.1 Å². The molecule has 216 valence electrons. The highest BCUT2D eigenvalue weighted by atomic mass is 16.5. The molecule has 9 heteroatoms. The van der Waals surface area contributed by atoms with Crippen molar-refractivity contribution >= 4 is 28.9 Å². The Labute approximate surface area is 245 Å². The third-order valence-corrected chi connectivity index (χ3v) is 7.29. The number of rotatable bonds is 8. The lowest BCUT2D eigenvalue weighted by atomic mass is 9.91. The van der Waals surface area contributed by atoms with Gasteiger partial charge in [-0.1, -0.05) is 18.2 Å². The predicted molar refractivity (Wildman–Crippen MR) is 164 cm³/mol. The molecule has 0 unspecified atom stereocenters. The zero-order chi connectivity index (χ0) is 30.0. The Morgan fingerprint density at radius 3 is 2.43 bits per heavy atom. The SMILES string of the molecule is COc1ccccc1NCc1c(-c2ccc(OC(=O)c3ccc(C)nc3)cc2OC)ccc2c1N(C)C(=O)C(C)(C)N2. The zero-order valence-electron chi connectivity index (χ0n) is 24.6. The van der Waals surface area contributed by atoms with Crippen molar-refractivity contribution in [1.29, 1.82) is 0 Å². The molecule has 0 spiro atoms. The number of hydrogen-bond donors (Lipinski definition) is 2. The molecule has 0 radical (unpaired) electrons. The second-order valence-electron chi connectivity index (χ2n) is 10.6. The van der Waals surface area contributed by atoms with Crippen LogP contribution in [0, 0.1) is 6.92 Å². The summed E-state index contributed by atoms with van der Waals surface area (Å²) < 4.78 is 17.0. The van der Waals surface area contributed by atoms with Gasteiger partial charge in [0.1, 0.15) is 22.8 Å². The highest BCUT2D eigenvalue weighted by Crippen LogP contribution is 2.45. The van der Waals surface area contributed by atoms with Crippen LogP contribution in [0.5, 0.6) is 17.2 Å². The monoisotopic (exact) mass is 566 g/mol. The number of methoxy groups -OCH3 is 2. The van der Waals surface area contributed by atoms with Crippen LogP contribution in [-0.2, 0) is 11.3 Å². The van der Waals surface area contributed by atoms with Gasteiger partial charge in [0.15, 0.2) is 0 Å². The minimum absolute atomic E-state index is 0.0505. The van der Waals surface area contributed by atoms with Gasteiger partial charge in [-0.25, -0.2) is 4.79 Å². The number of fused-ring (bicyclic) bond motifs is 1. The number of amides is 1. The van der Waals surface area contributed by atoms with Crippen LogP contribution < -0.4 is 29.7 Å². The largest absolute Gasteiger partial charge is 0.496 e. The van der Waals surface area contributed by atoms with Crippen molar-refractivity contribution in [3.8, 4) is 28.4 Å². The molecule has 0 aliphatic carbocycles. The van der Waals surface area contributed by atoms with Gasteiger partial charge in [0.05, 0.1) is 36.8 Å². The van der Waals surface area contributed by atoms with Crippen molar-refractivity contribution in [1.82, 2.24) is 4.98 Å². The van der Waals surface area contributed by atoms with Crippen LogP contribution in [0.1, 0.15) is 35.5 Å². The molecule has 0 fully saturated rings. The molecule has 2 N–H and O–H groups in total. The number of carbonyl (C=O) groups excluding carboxylic acids is 2. The van der Waals surface area contributed by atoms with Gasteiger partial charge < -0.3 is 29.7 Å². The second-order valence-corrected chi connectivity index (χ2v) is 10.6. The molecule has 1 amide bonds. The standard InChI is InChI=1S/C33H34N4O5/c1-20-11-12-21(18-34-20)31(38)42-22-13-14-24(29(17-22)41-6)23-15-16-27-30(37(4)32(39)33(2,3)36-27)25(23)19-35-26-9-7-8-10-28(26)40-5/h7-18,35-36H,19H2,1-6H3. The number of aryl methyl sites for hydroxylation is 1. The lowest BCUT2D eigenvalue weighted by Gasteiger charge is -2.40. The summed E-state index contributed by atoms with van der Waals surface area (Å²) in [4.78, 5) is 31.9. The van der Waals surface area contributed by atoms with E-state index in [2.05, 4.69) is 15.6 Å². The molecule has 0 saturated heterocycles. The summed E-state index contributed by atoms with van der Waals surface area (Å²) in [7, 11) is 4.99. The van der Waals surface area contributed by atoms with Gasteiger partial charge in [-0.3, -0.25) is 9.78 Å². The molecular formula is C33H34N4O5. The number of esters is 1. The highest BCUT2D eigenvalue weighted by molar-refractivity contribution is 6.09. The maximum Gasteiger partial charge on any atom is 0.345 e. The summed E-state index contributed by atoms with van der Waals surface area (Å²) in [6.07, 6.45) is 1.49. The summed E-state index contributed by atoms with van der Waals surface area (Å²) in [6, 6.07) is 20.3. The van der Waals surface area contributed by atoms with E-state index < -0.39 is 11.5 Å². The Hall–Kier alpha value is -5.05. The van der Waals surface area contributed by atoms with E-state index in [9.17, 15) is 9.59 Å². The van der Waals surface area contributed by atoms with Crippen LogP contribution >= 0.6 is 0 Å². The number of likely N-dealkylation sites (N-methyl/N-ethyl adjacent to an activating group) is 1. The summed E-state index contributed by atoms with van der Waals surface area (Å²) >= 11 is 0. The number of anilines is 3. The first kappa shape index (κ1) is 28.5. The van der Waals surface area contributed by atoms with E-state index in [0.29, 0.717) is 29.4 Å². The van der Waals surface area contributed by atoms with Gasteiger partial charge >= 0.3 is 5.97 Å². The summed E-state index contributed by atoms with van der Waals surface area (Å²) in [5.41, 5.74) is 5.35. The molecule has 0 bridgehead atoms. The van der Waals surface area contributed by atoms with Crippen molar-refractivity contribution in [2.75, 3.05) is 36.8 Å². The van der Waals surface area contributed by atoms with Crippen molar-refractivity contribution < 1.29 is 23.8 Å². The van der Waals surface area contributed by atoms with E-state index in [1.54, 1.807) is 50.4 Å². The minimum atomic E-state index is -0.757.